The summed E-state index contributed by atoms with van der Waals surface area (Å²) in [6.07, 6.45) is 0.273. The number of aliphatic hydroxyl groups excluding tert-OH is 1. The second-order valence-electron chi connectivity index (χ2n) is 12.5. The molecule has 1 aliphatic rings. The summed E-state index contributed by atoms with van der Waals surface area (Å²) < 4.78 is 7.39. The van der Waals surface area contributed by atoms with E-state index in [1.165, 1.54) is 12.1 Å². The highest BCUT2D eigenvalue weighted by Gasteiger charge is 2.24. The maximum atomic E-state index is 13.0. The van der Waals surface area contributed by atoms with Gasteiger partial charge in [-0.1, -0.05) is 66.7 Å². The van der Waals surface area contributed by atoms with Gasteiger partial charge in [-0.3, -0.25) is 18.0 Å². The first kappa shape index (κ1) is 36.0. The molecule has 5 N–H and O–H groups in total. The average molecular weight is 802 g/mol. The van der Waals surface area contributed by atoms with Crippen molar-refractivity contribution in [3.63, 3.8) is 0 Å². The van der Waals surface area contributed by atoms with E-state index in [0.29, 0.717) is 54.5 Å². The standard InChI is InChI=1S/C39H40IN5O6/c40-45(28-12-10-26(11-13-28)24-41-25-35(47)31-14-16-34(46)38-32(31)15-17-36(48)43-38)37(49)20-23-44-21-18-29(19-22-44)51-39(50)42-33-9-5-4-8-30(33)27-6-2-1-3-7-27/h1-17,29,35,41,46-47H,18-25H2,(H,42,50)(H,43,48). The third kappa shape index (κ3) is 9.33. The summed E-state index contributed by atoms with van der Waals surface area (Å²) >= 11 is 2.04. The fourth-order valence-corrected chi connectivity index (χ4v) is 6.82. The Balaban J connectivity index is 0.907. The number of hydrogen-bond acceptors (Lipinski definition) is 8. The number of H-pyrrole nitrogens is 1. The van der Waals surface area contributed by atoms with Gasteiger partial charge in [-0.15, -0.1) is 0 Å². The number of carbonyl (C=O) groups is 2. The monoisotopic (exact) mass is 801 g/mol. The maximum Gasteiger partial charge on any atom is 0.411 e. The van der Waals surface area contributed by atoms with Crippen LogP contribution in [0.4, 0.5) is 16.2 Å². The fraction of sp³-hybridized carbons (Fsp3) is 0.256. The van der Waals surface area contributed by atoms with Gasteiger partial charge >= 0.3 is 6.09 Å². The number of phenolic OH excluding ortho intramolecular Hbond substituents is 1. The molecule has 51 heavy (non-hydrogen) atoms. The summed E-state index contributed by atoms with van der Waals surface area (Å²) in [6.45, 7) is 2.87. The molecule has 2 heterocycles. The molecule has 5 aromatic rings. The van der Waals surface area contributed by atoms with Crippen LogP contribution in [0, 0.1) is 0 Å². The zero-order chi connectivity index (χ0) is 35.7. The molecular formula is C39H40IN5O6. The molecule has 264 valence electrons. The Morgan fingerprint density at radius 3 is 2.43 bits per heavy atom. The molecule has 1 saturated heterocycles. The van der Waals surface area contributed by atoms with Crippen molar-refractivity contribution >= 4 is 57.1 Å². The van der Waals surface area contributed by atoms with Gasteiger partial charge in [0.1, 0.15) is 11.9 Å². The van der Waals surface area contributed by atoms with Crippen molar-refractivity contribution in [1.82, 2.24) is 15.2 Å². The van der Waals surface area contributed by atoms with Crippen LogP contribution in [0.15, 0.2) is 108 Å². The topological polar surface area (TPSA) is 147 Å². The predicted molar refractivity (Wildman–Crippen MR) is 207 cm³/mol. The highest BCUT2D eigenvalue weighted by atomic mass is 127. The number of benzene rings is 4. The smallest absolute Gasteiger partial charge is 0.411 e. The van der Waals surface area contributed by atoms with Gasteiger partial charge in [0.2, 0.25) is 11.5 Å². The summed E-state index contributed by atoms with van der Waals surface area (Å²) in [6, 6.07) is 31.3. The van der Waals surface area contributed by atoms with Crippen LogP contribution in [-0.2, 0) is 16.1 Å². The number of pyridine rings is 1. The number of anilines is 2. The van der Waals surface area contributed by atoms with Gasteiger partial charge in [-0.05, 0) is 59.9 Å². The van der Waals surface area contributed by atoms with Crippen molar-refractivity contribution in [3.8, 4) is 16.9 Å². The van der Waals surface area contributed by atoms with Gasteiger partial charge in [0.25, 0.3) is 0 Å². The quantitative estimate of drug-likeness (QED) is 0.0710. The Morgan fingerprint density at radius 1 is 0.941 bits per heavy atom. The first-order valence-corrected chi connectivity index (χ1v) is 17.9. The number of fused-ring (bicyclic) bond motifs is 1. The van der Waals surface area contributed by atoms with Crippen LogP contribution in [0.25, 0.3) is 22.0 Å². The minimum absolute atomic E-state index is 0.00176. The fourth-order valence-electron chi connectivity index (χ4n) is 6.26. The van der Waals surface area contributed by atoms with Gasteiger partial charge in [0.15, 0.2) is 0 Å². The maximum absolute atomic E-state index is 13.0. The van der Waals surface area contributed by atoms with Crippen LogP contribution in [0.3, 0.4) is 0 Å². The number of aromatic nitrogens is 1. The van der Waals surface area contributed by atoms with Gasteiger partial charge in [-0.25, -0.2) is 4.79 Å². The summed E-state index contributed by atoms with van der Waals surface area (Å²) in [4.78, 5) is 42.3. The van der Waals surface area contributed by atoms with Crippen LogP contribution in [0.5, 0.6) is 5.75 Å². The van der Waals surface area contributed by atoms with Crippen molar-refractivity contribution in [2.75, 3.05) is 34.6 Å². The third-order valence-corrected chi connectivity index (χ3v) is 10.1. The van der Waals surface area contributed by atoms with E-state index in [2.05, 4.69) is 20.5 Å². The number of amides is 2. The molecule has 1 fully saturated rings. The predicted octanol–water partition coefficient (Wildman–Crippen LogP) is 6.51. The van der Waals surface area contributed by atoms with Gasteiger partial charge in [0.05, 0.1) is 45.9 Å². The highest BCUT2D eigenvalue weighted by Crippen LogP contribution is 2.30. The number of hydrogen-bond donors (Lipinski definition) is 5. The number of phenols is 1. The lowest BCUT2D eigenvalue weighted by Crippen LogP contribution is -2.40. The molecule has 11 nitrogen and oxygen atoms in total. The van der Waals surface area contributed by atoms with Crippen LogP contribution in [0.1, 0.15) is 36.5 Å². The number of halogens is 1. The molecule has 6 rings (SSSR count). The van der Waals surface area contributed by atoms with Crippen LogP contribution < -0.4 is 19.3 Å². The first-order chi connectivity index (χ1) is 24.7. The Bertz CT molecular complexity index is 2020. The molecule has 0 aliphatic carbocycles. The van der Waals surface area contributed by atoms with E-state index >= 15 is 0 Å². The van der Waals surface area contributed by atoms with E-state index in [9.17, 15) is 24.6 Å². The zero-order valence-corrected chi connectivity index (χ0v) is 30.1. The van der Waals surface area contributed by atoms with Crippen molar-refractivity contribution in [3.05, 3.63) is 125 Å². The summed E-state index contributed by atoms with van der Waals surface area (Å²) in [5, 5.41) is 27.7. The first-order valence-electron chi connectivity index (χ1n) is 16.9. The Labute approximate surface area is 309 Å². The number of aliphatic hydroxyl groups is 1. The summed E-state index contributed by atoms with van der Waals surface area (Å²) in [5.41, 5.74) is 4.99. The van der Waals surface area contributed by atoms with Crippen molar-refractivity contribution in [2.45, 2.75) is 38.0 Å². The van der Waals surface area contributed by atoms with E-state index in [1.807, 2.05) is 102 Å². The molecule has 1 aromatic heterocycles. The minimum atomic E-state index is -0.855. The van der Waals surface area contributed by atoms with E-state index in [0.717, 1.165) is 35.5 Å². The molecule has 1 unspecified atom stereocenters. The molecule has 0 saturated carbocycles. The summed E-state index contributed by atoms with van der Waals surface area (Å²) in [7, 11) is 0. The number of aromatic amines is 1. The van der Waals surface area contributed by atoms with Crippen molar-refractivity contribution in [2.24, 2.45) is 0 Å². The van der Waals surface area contributed by atoms with Gasteiger partial charge in [-0.2, -0.15) is 0 Å². The molecule has 4 aromatic carbocycles. The highest BCUT2D eigenvalue weighted by molar-refractivity contribution is 14.1. The molecule has 2 amide bonds. The van der Waals surface area contributed by atoms with Gasteiger partial charge in [0, 0.05) is 56.2 Å². The van der Waals surface area contributed by atoms with Gasteiger partial charge < -0.3 is 30.2 Å². The second kappa shape index (κ2) is 17.0. The lowest BCUT2D eigenvalue weighted by Gasteiger charge is -2.31. The normalized spacial score (nSPS) is 14.2. The number of carbonyl (C=O) groups excluding carboxylic acids is 2. The average Bonchev–Trinajstić information content (AvgIpc) is 3.15. The third-order valence-electron chi connectivity index (χ3n) is 9.01. The lowest BCUT2D eigenvalue weighted by molar-refractivity contribution is -0.117. The molecular weight excluding hydrogens is 761 g/mol. The number of piperidine rings is 1. The molecule has 12 heteroatoms. The van der Waals surface area contributed by atoms with Crippen molar-refractivity contribution < 1.29 is 24.5 Å². The number of nitrogens with one attached hydrogen (secondary N) is 3. The molecule has 0 radical (unpaired) electrons. The number of nitrogens with zero attached hydrogens (tertiary/aromatic N) is 2. The van der Waals surface area contributed by atoms with Crippen LogP contribution in [0.2, 0.25) is 0 Å². The minimum Gasteiger partial charge on any atom is -0.506 e. The lowest BCUT2D eigenvalue weighted by atomic mass is 10.0. The molecule has 1 aliphatic heterocycles. The Hall–Kier alpha value is -4.76. The number of likely N-dealkylation sites (tertiary alicyclic amines) is 1. The number of para-hydroxylation sites is 1. The second-order valence-corrected chi connectivity index (χ2v) is 13.5. The van der Waals surface area contributed by atoms with E-state index in [-0.39, 0.29) is 29.9 Å². The Morgan fingerprint density at radius 2 is 1.67 bits per heavy atom. The summed E-state index contributed by atoms with van der Waals surface area (Å²) in [5.74, 6) is -0.0493. The van der Waals surface area contributed by atoms with Crippen molar-refractivity contribution in [1.29, 1.82) is 0 Å². The van der Waals surface area contributed by atoms with E-state index in [1.54, 1.807) is 15.2 Å². The zero-order valence-electron chi connectivity index (χ0n) is 27.9. The molecule has 1 atom stereocenters. The van der Waals surface area contributed by atoms with E-state index in [4.69, 9.17) is 4.74 Å². The number of aromatic hydroxyl groups is 1. The van der Waals surface area contributed by atoms with Crippen LogP contribution >= 0.6 is 22.9 Å². The largest absolute Gasteiger partial charge is 0.506 e. The van der Waals surface area contributed by atoms with E-state index < -0.39 is 12.2 Å². The SMILES string of the molecule is O=C(Nc1ccccc1-c1ccccc1)OC1CCN(CCC(=O)N(I)c2ccc(CNCC(O)c3ccc(O)c4[nH]c(=O)ccc34)cc2)CC1. The Kier molecular flexibility index (Phi) is 12.0. The number of rotatable bonds is 12. The molecule has 0 bridgehead atoms. The number of ether oxygens (including phenoxy) is 1. The molecule has 0 spiro atoms. The van der Waals surface area contributed by atoms with Crippen LogP contribution in [-0.4, -0.2) is 64.4 Å².